The Morgan fingerprint density at radius 2 is 1.95 bits per heavy atom. The number of halogens is 1. The molecule has 0 radical (unpaired) electrons. The van der Waals surface area contributed by atoms with Gasteiger partial charge in [-0.15, -0.1) is 0 Å². The molecule has 118 valence electrons. The summed E-state index contributed by atoms with van der Waals surface area (Å²) in [7, 11) is 4.29. The Morgan fingerprint density at radius 1 is 1.33 bits per heavy atom. The monoisotopic (exact) mass is 335 g/mol. The van der Waals surface area contributed by atoms with Crippen molar-refractivity contribution in [1.82, 2.24) is 5.32 Å². The van der Waals surface area contributed by atoms with Gasteiger partial charge in [-0.25, -0.2) is 8.42 Å². The number of carbonyl (C=O) groups excluding carboxylic acids is 1. The van der Waals surface area contributed by atoms with E-state index < -0.39 is 20.6 Å². The largest absolute Gasteiger partial charge is 0.496 e. The lowest BCUT2D eigenvalue weighted by Crippen LogP contribution is -2.39. The van der Waals surface area contributed by atoms with E-state index in [1.807, 2.05) is 13.8 Å². The molecule has 0 aromatic heterocycles. The number of benzene rings is 1. The highest BCUT2D eigenvalue weighted by Crippen LogP contribution is 2.24. The highest BCUT2D eigenvalue weighted by molar-refractivity contribution is 8.13. The Labute approximate surface area is 128 Å². The number of hydrogen-bond acceptors (Lipinski definition) is 5. The van der Waals surface area contributed by atoms with E-state index in [0.29, 0.717) is 0 Å². The third kappa shape index (κ3) is 4.87. The second-order valence-electron chi connectivity index (χ2n) is 4.95. The third-order valence-electron chi connectivity index (χ3n) is 2.92. The first kappa shape index (κ1) is 17.7. The maximum Gasteiger partial charge on any atom is 0.261 e. The quantitative estimate of drug-likeness (QED) is 0.801. The van der Waals surface area contributed by atoms with Gasteiger partial charge in [-0.1, -0.05) is 0 Å². The van der Waals surface area contributed by atoms with Crippen LogP contribution in [0.15, 0.2) is 23.1 Å². The highest BCUT2D eigenvalue weighted by atomic mass is 35.7. The van der Waals surface area contributed by atoms with Crippen LogP contribution in [0.5, 0.6) is 5.75 Å². The van der Waals surface area contributed by atoms with Crippen molar-refractivity contribution in [2.24, 2.45) is 0 Å². The molecule has 1 N–H and O–H groups in total. The van der Waals surface area contributed by atoms with Crippen molar-refractivity contribution in [2.75, 3.05) is 20.8 Å². The molecule has 0 aliphatic rings. The van der Waals surface area contributed by atoms with Crippen molar-refractivity contribution in [3.8, 4) is 5.75 Å². The molecule has 0 fully saturated rings. The van der Waals surface area contributed by atoms with Crippen molar-refractivity contribution >= 4 is 25.6 Å². The first-order valence-corrected chi connectivity index (χ1v) is 8.38. The number of carbonyl (C=O) groups is 1. The van der Waals surface area contributed by atoms with Crippen molar-refractivity contribution in [3.63, 3.8) is 0 Å². The molecule has 0 aliphatic heterocycles. The Kier molecular flexibility index (Phi) is 5.61. The zero-order chi connectivity index (χ0) is 16.3. The van der Waals surface area contributed by atoms with Crippen LogP contribution in [-0.4, -0.2) is 40.7 Å². The Balaban J connectivity index is 3.07. The zero-order valence-electron chi connectivity index (χ0n) is 12.3. The van der Waals surface area contributed by atoms with Gasteiger partial charge in [-0.05, 0) is 32.0 Å². The van der Waals surface area contributed by atoms with E-state index >= 15 is 0 Å². The fraction of sp³-hybridized carbons (Fsp3) is 0.462. The number of rotatable bonds is 6. The summed E-state index contributed by atoms with van der Waals surface area (Å²) in [5, 5.41) is 2.66. The van der Waals surface area contributed by atoms with Gasteiger partial charge in [0, 0.05) is 24.3 Å². The van der Waals surface area contributed by atoms with Crippen LogP contribution in [-0.2, 0) is 13.8 Å². The van der Waals surface area contributed by atoms with Gasteiger partial charge in [0.15, 0.2) is 0 Å². The molecule has 0 spiro atoms. The summed E-state index contributed by atoms with van der Waals surface area (Å²) in [6.45, 7) is 3.87. The minimum atomic E-state index is -3.92. The van der Waals surface area contributed by atoms with Crippen LogP contribution in [0.4, 0.5) is 0 Å². The lowest BCUT2D eigenvalue weighted by atomic mass is 10.1. The molecule has 21 heavy (non-hydrogen) atoms. The summed E-state index contributed by atoms with van der Waals surface area (Å²) in [4.78, 5) is 12.0. The van der Waals surface area contributed by atoms with Gasteiger partial charge in [0.05, 0.1) is 23.2 Å². The molecule has 0 saturated carbocycles. The van der Waals surface area contributed by atoms with Crippen LogP contribution in [0.1, 0.15) is 24.2 Å². The van der Waals surface area contributed by atoms with E-state index in [4.69, 9.17) is 20.2 Å². The van der Waals surface area contributed by atoms with E-state index in [-0.39, 0.29) is 22.8 Å². The predicted octanol–water partition coefficient (Wildman–Crippen LogP) is 1.78. The summed E-state index contributed by atoms with van der Waals surface area (Å²) < 4.78 is 32.9. The smallest absolute Gasteiger partial charge is 0.261 e. The number of hydrogen-bond donors (Lipinski definition) is 1. The van der Waals surface area contributed by atoms with Gasteiger partial charge >= 0.3 is 0 Å². The standard InChI is InChI=1S/C13H18ClNO5S/c1-13(2,20-4)8-15-12(16)10-7-9(21(14,17)18)5-6-11(10)19-3/h5-7H,8H2,1-4H3,(H,15,16). The van der Waals surface area contributed by atoms with Crippen molar-refractivity contribution in [1.29, 1.82) is 0 Å². The van der Waals surface area contributed by atoms with Crippen molar-refractivity contribution < 1.29 is 22.7 Å². The van der Waals surface area contributed by atoms with Gasteiger partial charge in [-0.3, -0.25) is 4.79 Å². The first-order chi connectivity index (χ1) is 9.60. The highest BCUT2D eigenvalue weighted by Gasteiger charge is 2.21. The van der Waals surface area contributed by atoms with Gasteiger partial charge < -0.3 is 14.8 Å². The van der Waals surface area contributed by atoms with Gasteiger partial charge in [-0.2, -0.15) is 0 Å². The fourth-order valence-electron chi connectivity index (χ4n) is 1.48. The SMILES string of the molecule is COc1ccc(S(=O)(=O)Cl)cc1C(=O)NCC(C)(C)OC. The molecule has 0 aliphatic carbocycles. The molecule has 0 saturated heterocycles. The number of nitrogens with one attached hydrogen (secondary N) is 1. The normalized spacial score (nSPS) is 12.0. The average molecular weight is 336 g/mol. The number of amides is 1. The van der Waals surface area contributed by atoms with Gasteiger partial charge in [0.2, 0.25) is 0 Å². The molecule has 1 rings (SSSR count). The molecule has 0 bridgehead atoms. The third-order valence-corrected chi connectivity index (χ3v) is 4.28. The average Bonchev–Trinajstić information content (AvgIpc) is 2.43. The second kappa shape index (κ2) is 6.64. The predicted molar refractivity (Wildman–Crippen MR) is 79.5 cm³/mol. The molecule has 1 amide bonds. The number of methoxy groups -OCH3 is 2. The van der Waals surface area contributed by atoms with E-state index in [9.17, 15) is 13.2 Å². The molecule has 8 heteroatoms. The minimum absolute atomic E-state index is 0.0890. The van der Waals surface area contributed by atoms with Crippen LogP contribution in [0.2, 0.25) is 0 Å². The molecule has 1 aromatic carbocycles. The fourth-order valence-corrected chi connectivity index (χ4v) is 2.25. The zero-order valence-corrected chi connectivity index (χ0v) is 13.8. The topological polar surface area (TPSA) is 81.7 Å². The molecule has 0 atom stereocenters. The molecule has 0 unspecified atom stereocenters. The minimum Gasteiger partial charge on any atom is -0.496 e. The van der Waals surface area contributed by atoms with Crippen LogP contribution >= 0.6 is 10.7 Å². The van der Waals surface area contributed by atoms with Gasteiger partial charge in [0.25, 0.3) is 15.0 Å². The van der Waals surface area contributed by atoms with Crippen LogP contribution in [0, 0.1) is 0 Å². The molecular formula is C13H18ClNO5S. The van der Waals surface area contributed by atoms with Crippen LogP contribution in [0.25, 0.3) is 0 Å². The summed E-state index contributed by atoms with van der Waals surface area (Å²) in [5.41, 5.74) is -0.454. The maximum atomic E-state index is 12.2. The molecule has 0 heterocycles. The van der Waals surface area contributed by atoms with E-state index in [1.54, 1.807) is 0 Å². The van der Waals surface area contributed by atoms with Crippen LogP contribution in [0.3, 0.4) is 0 Å². The Bertz CT molecular complexity index is 627. The number of ether oxygens (including phenoxy) is 2. The summed E-state index contributed by atoms with van der Waals surface area (Å²) >= 11 is 0. The van der Waals surface area contributed by atoms with E-state index in [0.717, 1.165) is 0 Å². The second-order valence-corrected chi connectivity index (χ2v) is 7.51. The summed E-state index contributed by atoms with van der Waals surface area (Å²) in [6, 6.07) is 3.83. The summed E-state index contributed by atoms with van der Waals surface area (Å²) in [6.07, 6.45) is 0. The first-order valence-electron chi connectivity index (χ1n) is 6.07. The lowest BCUT2D eigenvalue weighted by molar-refractivity contribution is 0.0228. The van der Waals surface area contributed by atoms with Crippen LogP contribution < -0.4 is 10.1 Å². The lowest BCUT2D eigenvalue weighted by Gasteiger charge is -2.23. The maximum absolute atomic E-state index is 12.2. The van der Waals surface area contributed by atoms with E-state index in [1.165, 1.54) is 32.4 Å². The summed E-state index contributed by atoms with van der Waals surface area (Å²) in [5.74, 6) is -0.217. The molecule has 1 aromatic rings. The Hall–Kier alpha value is -1.31. The molecular weight excluding hydrogens is 318 g/mol. The van der Waals surface area contributed by atoms with Crippen molar-refractivity contribution in [2.45, 2.75) is 24.3 Å². The van der Waals surface area contributed by atoms with E-state index in [2.05, 4.69) is 5.32 Å². The van der Waals surface area contributed by atoms with Gasteiger partial charge in [0.1, 0.15) is 5.75 Å². The van der Waals surface area contributed by atoms with Crippen molar-refractivity contribution in [3.05, 3.63) is 23.8 Å². The Morgan fingerprint density at radius 3 is 2.43 bits per heavy atom. The molecule has 6 nitrogen and oxygen atoms in total.